The summed E-state index contributed by atoms with van der Waals surface area (Å²) in [6.07, 6.45) is 0. The van der Waals surface area contributed by atoms with E-state index in [-0.39, 0.29) is 18.4 Å². The highest BCUT2D eigenvalue weighted by Crippen LogP contribution is 2.28. The smallest absolute Gasteiger partial charge is 0.262 e. The molecule has 3 aromatic carbocycles. The monoisotopic (exact) mass is 406 g/mol. The molecule has 0 unspecified atom stereocenters. The van der Waals surface area contributed by atoms with Crippen LogP contribution in [0.5, 0.6) is 17.2 Å². The first kappa shape index (κ1) is 20.7. The third-order valence-corrected chi connectivity index (χ3v) is 4.20. The van der Waals surface area contributed by atoms with E-state index in [9.17, 15) is 9.59 Å². The van der Waals surface area contributed by atoms with Gasteiger partial charge in [-0.3, -0.25) is 9.59 Å². The Morgan fingerprint density at radius 2 is 1.53 bits per heavy atom. The summed E-state index contributed by atoms with van der Waals surface area (Å²) in [5, 5.41) is 5.54. The molecule has 0 saturated heterocycles. The fourth-order valence-corrected chi connectivity index (χ4v) is 2.68. The Bertz CT molecular complexity index is 1000. The number of nitrogens with one attached hydrogen (secondary N) is 2. The van der Waals surface area contributed by atoms with Crippen LogP contribution in [0, 0.1) is 0 Å². The van der Waals surface area contributed by atoms with Gasteiger partial charge in [0.05, 0.1) is 19.9 Å². The normalized spacial score (nSPS) is 10.1. The minimum Gasteiger partial charge on any atom is -0.497 e. The maximum absolute atomic E-state index is 12.6. The van der Waals surface area contributed by atoms with Crippen LogP contribution in [0.15, 0.2) is 72.8 Å². The number of carbonyl (C=O) groups excluding carboxylic acids is 2. The Labute approximate surface area is 174 Å². The maximum Gasteiger partial charge on any atom is 0.262 e. The van der Waals surface area contributed by atoms with Crippen LogP contribution in [0.25, 0.3) is 0 Å². The topological polar surface area (TPSA) is 85.9 Å². The van der Waals surface area contributed by atoms with E-state index in [4.69, 9.17) is 14.2 Å². The average Bonchev–Trinajstić information content (AvgIpc) is 2.78. The Kier molecular flexibility index (Phi) is 6.89. The molecule has 0 aliphatic heterocycles. The molecule has 3 aromatic rings. The molecule has 2 amide bonds. The fourth-order valence-electron chi connectivity index (χ4n) is 2.68. The van der Waals surface area contributed by atoms with E-state index in [1.54, 1.807) is 61.7 Å². The lowest BCUT2D eigenvalue weighted by atomic mass is 10.2. The van der Waals surface area contributed by atoms with E-state index < -0.39 is 0 Å². The van der Waals surface area contributed by atoms with Crippen LogP contribution in [0.2, 0.25) is 0 Å². The van der Waals surface area contributed by atoms with E-state index in [0.29, 0.717) is 34.2 Å². The van der Waals surface area contributed by atoms with Crippen molar-refractivity contribution < 1.29 is 23.8 Å². The molecule has 0 heterocycles. The molecule has 0 bridgehead atoms. The van der Waals surface area contributed by atoms with Gasteiger partial charge >= 0.3 is 0 Å². The van der Waals surface area contributed by atoms with Crippen molar-refractivity contribution in [3.8, 4) is 17.2 Å². The largest absolute Gasteiger partial charge is 0.497 e. The van der Waals surface area contributed by atoms with E-state index in [0.717, 1.165) is 0 Å². The minimum atomic E-state index is -0.323. The van der Waals surface area contributed by atoms with E-state index in [2.05, 4.69) is 10.6 Å². The summed E-state index contributed by atoms with van der Waals surface area (Å²) in [6.45, 7) is -0.135. The maximum atomic E-state index is 12.6. The third-order valence-electron chi connectivity index (χ3n) is 4.20. The van der Waals surface area contributed by atoms with E-state index in [1.807, 2.05) is 18.2 Å². The lowest BCUT2D eigenvalue weighted by Crippen LogP contribution is -2.20. The van der Waals surface area contributed by atoms with Gasteiger partial charge in [0, 0.05) is 11.3 Å². The van der Waals surface area contributed by atoms with Gasteiger partial charge in [0.25, 0.3) is 11.8 Å². The summed E-state index contributed by atoms with van der Waals surface area (Å²) >= 11 is 0. The summed E-state index contributed by atoms with van der Waals surface area (Å²) in [7, 11) is 3.06. The second-order valence-corrected chi connectivity index (χ2v) is 6.25. The van der Waals surface area contributed by atoms with E-state index in [1.165, 1.54) is 7.11 Å². The van der Waals surface area contributed by atoms with Crippen LogP contribution in [0.3, 0.4) is 0 Å². The minimum absolute atomic E-state index is 0.135. The van der Waals surface area contributed by atoms with Crippen LogP contribution in [-0.2, 0) is 4.79 Å². The highest BCUT2D eigenvalue weighted by atomic mass is 16.5. The van der Waals surface area contributed by atoms with Crippen LogP contribution >= 0.6 is 0 Å². The third kappa shape index (κ3) is 5.51. The molecule has 0 aromatic heterocycles. The molecule has 2 N–H and O–H groups in total. The molecule has 0 fully saturated rings. The van der Waals surface area contributed by atoms with Crippen molar-refractivity contribution in [1.82, 2.24) is 0 Å². The Morgan fingerprint density at radius 3 is 2.20 bits per heavy atom. The summed E-state index contributed by atoms with van der Waals surface area (Å²) in [5.41, 5.74) is 1.39. The lowest BCUT2D eigenvalue weighted by molar-refractivity contribution is -0.118. The van der Waals surface area contributed by atoms with Crippen molar-refractivity contribution in [2.45, 2.75) is 0 Å². The number of rotatable bonds is 8. The van der Waals surface area contributed by atoms with Gasteiger partial charge in [0.2, 0.25) is 0 Å². The zero-order chi connectivity index (χ0) is 21.3. The molecule has 154 valence electrons. The van der Waals surface area contributed by atoms with Gasteiger partial charge < -0.3 is 24.8 Å². The van der Waals surface area contributed by atoms with Crippen LogP contribution in [-0.4, -0.2) is 32.6 Å². The van der Waals surface area contributed by atoms with Crippen molar-refractivity contribution in [2.24, 2.45) is 0 Å². The van der Waals surface area contributed by atoms with Crippen molar-refractivity contribution >= 4 is 23.2 Å². The summed E-state index contributed by atoms with van der Waals surface area (Å²) in [4.78, 5) is 24.7. The summed E-state index contributed by atoms with van der Waals surface area (Å²) in [5.74, 6) is 1.10. The number of para-hydroxylation sites is 1. The molecule has 0 spiro atoms. The first-order valence-electron chi connectivity index (χ1n) is 9.20. The number of carbonyl (C=O) groups is 2. The predicted octanol–water partition coefficient (Wildman–Crippen LogP) is 3.97. The number of hydrogen-bond acceptors (Lipinski definition) is 5. The second-order valence-electron chi connectivity index (χ2n) is 6.25. The zero-order valence-corrected chi connectivity index (χ0v) is 16.7. The number of hydrogen-bond donors (Lipinski definition) is 2. The summed E-state index contributed by atoms with van der Waals surface area (Å²) < 4.78 is 15.9. The quantitative estimate of drug-likeness (QED) is 0.591. The van der Waals surface area contributed by atoms with Gasteiger partial charge in [-0.1, -0.05) is 18.2 Å². The predicted molar refractivity (Wildman–Crippen MR) is 115 cm³/mol. The van der Waals surface area contributed by atoms with Crippen molar-refractivity contribution in [1.29, 1.82) is 0 Å². The second kappa shape index (κ2) is 9.97. The molecule has 0 atom stereocenters. The van der Waals surface area contributed by atoms with Crippen LogP contribution in [0.4, 0.5) is 11.4 Å². The molecule has 3 rings (SSSR count). The number of anilines is 2. The lowest BCUT2D eigenvalue weighted by Gasteiger charge is -2.13. The molecule has 0 radical (unpaired) electrons. The average molecular weight is 406 g/mol. The van der Waals surface area contributed by atoms with Gasteiger partial charge in [-0.05, 0) is 54.6 Å². The van der Waals surface area contributed by atoms with E-state index >= 15 is 0 Å². The van der Waals surface area contributed by atoms with Gasteiger partial charge in [-0.15, -0.1) is 0 Å². The SMILES string of the molecule is COc1ccc(C(=O)Nc2cc(NC(=O)COc3ccccc3)ccc2OC)cc1. The number of ether oxygens (including phenoxy) is 3. The van der Waals surface area contributed by atoms with Crippen LogP contribution < -0.4 is 24.8 Å². The first-order chi connectivity index (χ1) is 14.6. The van der Waals surface area contributed by atoms with Crippen molar-refractivity contribution in [3.63, 3.8) is 0 Å². The Morgan fingerprint density at radius 1 is 0.800 bits per heavy atom. The van der Waals surface area contributed by atoms with Gasteiger partial charge in [0.15, 0.2) is 6.61 Å². The molecule has 7 nitrogen and oxygen atoms in total. The molecular weight excluding hydrogens is 384 g/mol. The van der Waals surface area contributed by atoms with Gasteiger partial charge in [-0.25, -0.2) is 0 Å². The number of benzene rings is 3. The highest BCUT2D eigenvalue weighted by molar-refractivity contribution is 6.05. The van der Waals surface area contributed by atoms with Crippen molar-refractivity contribution in [3.05, 3.63) is 78.4 Å². The summed E-state index contributed by atoms with van der Waals surface area (Å²) in [6, 6.07) is 20.8. The molecule has 0 aliphatic carbocycles. The molecular formula is C23H22N2O5. The first-order valence-corrected chi connectivity index (χ1v) is 9.20. The highest BCUT2D eigenvalue weighted by Gasteiger charge is 2.12. The number of amides is 2. The van der Waals surface area contributed by atoms with Crippen molar-refractivity contribution in [2.75, 3.05) is 31.5 Å². The van der Waals surface area contributed by atoms with Crippen LogP contribution in [0.1, 0.15) is 10.4 Å². The Balaban J connectivity index is 1.66. The van der Waals surface area contributed by atoms with Gasteiger partial charge in [-0.2, -0.15) is 0 Å². The zero-order valence-electron chi connectivity index (χ0n) is 16.7. The van der Waals surface area contributed by atoms with Gasteiger partial charge in [0.1, 0.15) is 17.2 Å². The Hall–Kier alpha value is -4.00. The molecule has 0 saturated carbocycles. The molecule has 0 aliphatic rings. The standard InChI is InChI=1S/C23H22N2O5/c1-28-18-11-8-16(9-12-18)23(27)25-20-14-17(10-13-21(20)29-2)24-22(26)15-30-19-6-4-3-5-7-19/h3-14H,15H2,1-2H3,(H,24,26)(H,25,27). The fraction of sp³-hybridized carbons (Fsp3) is 0.130. The molecule has 30 heavy (non-hydrogen) atoms. The number of methoxy groups -OCH3 is 2. The molecule has 7 heteroatoms.